The van der Waals surface area contributed by atoms with Crippen molar-refractivity contribution in [1.82, 2.24) is 14.5 Å². The Balaban J connectivity index is 1.83. The lowest BCUT2D eigenvalue weighted by Crippen LogP contribution is -2.43. The van der Waals surface area contributed by atoms with Crippen LogP contribution in [0, 0.1) is 13.8 Å². The van der Waals surface area contributed by atoms with E-state index < -0.39 is 0 Å². The van der Waals surface area contributed by atoms with E-state index in [0.29, 0.717) is 12.1 Å². The average molecular weight is 364 g/mol. The molecule has 0 bridgehead atoms. The predicted octanol–water partition coefficient (Wildman–Crippen LogP) is 4.30. The lowest BCUT2D eigenvalue weighted by atomic mass is 10.0. The highest BCUT2D eigenvalue weighted by Gasteiger charge is 2.34. The number of aryl methyl sites for hydroxylation is 1. The van der Waals surface area contributed by atoms with Crippen LogP contribution >= 0.6 is 11.3 Å². The molecule has 1 unspecified atom stereocenters. The first-order valence-electron chi connectivity index (χ1n) is 8.48. The second kappa shape index (κ2) is 6.46. The molecule has 3 aromatic rings. The van der Waals surface area contributed by atoms with Crippen LogP contribution in [-0.4, -0.2) is 26.9 Å². The molecule has 0 aliphatic carbocycles. The topological polar surface area (TPSA) is 50.2 Å². The molecule has 0 spiro atoms. The van der Waals surface area contributed by atoms with Crippen LogP contribution in [0.1, 0.15) is 33.5 Å². The molecular formula is C20H20N4OS. The summed E-state index contributed by atoms with van der Waals surface area (Å²) in [5.41, 5.74) is 4.80. The van der Waals surface area contributed by atoms with E-state index in [1.165, 1.54) is 0 Å². The summed E-state index contributed by atoms with van der Waals surface area (Å²) in [6.07, 6.45) is 3.33. The van der Waals surface area contributed by atoms with Gasteiger partial charge in [0.15, 0.2) is 5.13 Å². The summed E-state index contributed by atoms with van der Waals surface area (Å²) < 4.78 is 2.14. The van der Waals surface area contributed by atoms with Crippen LogP contribution in [0.5, 0.6) is 0 Å². The summed E-state index contributed by atoms with van der Waals surface area (Å²) in [5.74, 6) is 0.0169. The van der Waals surface area contributed by atoms with Crippen molar-refractivity contribution in [1.29, 1.82) is 0 Å². The Morgan fingerprint density at radius 2 is 2.15 bits per heavy atom. The molecular weight excluding hydrogens is 344 g/mol. The second-order valence-corrected chi connectivity index (χ2v) is 7.19. The zero-order valence-electron chi connectivity index (χ0n) is 14.8. The monoisotopic (exact) mass is 364 g/mol. The van der Waals surface area contributed by atoms with E-state index in [0.717, 1.165) is 27.8 Å². The van der Waals surface area contributed by atoms with E-state index in [2.05, 4.69) is 41.4 Å². The number of aromatic nitrogens is 2. The van der Waals surface area contributed by atoms with Crippen molar-refractivity contribution < 1.29 is 4.79 Å². The third-order valence-corrected chi connectivity index (χ3v) is 5.48. The van der Waals surface area contributed by atoms with E-state index in [-0.39, 0.29) is 12.1 Å². The minimum Gasteiger partial charge on any atom is -0.361 e. The van der Waals surface area contributed by atoms with Gasteiger partial charge in [-0.3, -0.25) is 9.36 Å². The molecule has 1 atom stereocenters. The molecule has 132 valence electrons. The number of amides is 1. The van der Waals surface area contributed by atoms with Crippen molar-refractivity contribution in [2.75, 3.05) is 11.9 Å². The standard InChI is InChI=1S/C20H20N4OS/c1-4-10-23-18(22-17-8-6-5-7-15(17)19(23)25)16-12-13(2)24(14(16)3)20-21-9-11-26-20/h4-9,11-12,18,22H,1,10H2,2-3H3. The smallest absolute Gasteiger partial charge is 0.258 e. The largest absolute Gasteiger partial charge is 0.361 e. The maximum absolute atomic E-state index is 13.0. The molecule has 1 amide bonds. The SMILES string of the molecule is C=CCN1C(=O)c2ccccc2NC1c1cc(C)n(-c2nccs2)c1C. The van der Waals surface area contributed by atoms with Crippen molar-refractivity contribution >= 4 is 22.9 Å². The maximum Gasteiger partial charge on any atom is 0.258 e. The number of carbonyl (C=O) groups excluding carboxylic acids is 1. The number of hydrogen-bond acceptors (Lipinski definition) is 4. The average Bonchev–Trinajstić information content (AvgIpc) is 3.25. The fourth-order valence-electron chi connectivity index (χ4n) is 3.55. The van der Waals surface area contributed by atoms with Crippen LogP contribution in [0.3, 0.4) is 0 Å². The molecule has 4 rings (SSSR count). The van der Waals surface area contributed by atoms with Gasteiger partial charge in [0.05, 0.1) is 5.56 Å². The highest BCUT2D eigenvalue weighted by Crippen LogP contribution is 2.36. The molecule has 3 heterocycles. The molecule has 1 aliphatic heterocycles. The Morgan fingerprint density at radius 3 is 2.88 bits per heavy atom. The number of hydrogen-bond donors (Lipinski definition) is 1. The first kappa shape index (κ1) is 16.6. The normalized spacial score (nSPS) is 16.3. The maximum atomic E-state index is 13.0. The Morgan fingerprint density at radius 1 is 1.35 bits per heavy atom. The Labute approximate surface area is 156 Å². The van der Waals surface area contributed by atoms with Gasteiger partial charge in [-0.1, -0.05) is 18.2 Å². The predicted molar refractivity (Wildman–Crippen MR) is 105 cm³/mol. The Kier molecular flexibility index (Phi) is 4.12. The molecule has 0 saturated carbocycles. The summed E-state index contributed by atoms with van der Waals surface area (Å²) in [5, 5.41) is 6.44. The molecule has 0 saturated heterocycles. The molecule has 26 heavy (non-hydrogen) atoms. The molecule has 1 aliphatic rings. The first-order valence-corrected chi connectivity index (χ1v) is 9.36. The van der Waals surface area contributed by atoms with Gasteiger partial charge in [0.25, 0.3) is 5.91 Å². The Hall–Kier alpha value is -2.86. The van der Waals surface area contributed by atoms with E-state index in [4.69, 9.17) is 0 Å². The van der Waals surface area contributed by atoms with Crippen LogP contribution in [0.15, 0.2) is 54.6 Å². The van der Waals surface area contributed by atoms with Gasteiger partial charge < -0.3 is 10.2 Å². The number of fused-ring (bicyclic) bond motifs is 1. The van der Waals surface area contributed by atoms with Crippen LogP contribution in [0.2, 0.25) is 0 Å². The van der Waals surface area contributed by atoms with Crippen molar-refractivity contribution in [3.05, 3.63) is 77.1 Å². The van der Waals surface area contributed by atoms with Gasteiger partial charge in [0.2, 0.25) is 0 Å². The van der Waals surface area contributed by atoms with Gasteiger partial charge in [-0.25, -0.2) is 4.98 Å². The van der Waals surface area contributed by atoms with E-state index >= 15 is 0 Å². The molecule has 1 N–H and O–H groups in total. The first-order chi connectivity index (χ1) is 12.6. The summed E-state index contributed by atoms with van der Waals surface area (Å²) >= 11 is 1.60. The lowest BCUT2D eigenvalue weighted by molar-refractivity contribution is 0.0707. The number of carbonyl (C=O) groups is 1. The summed E-state index contributed by atoms with van der Waals surface area (Å²) in [4.78, 5) is 19.3. The number of benzene rings is 1. The van der Waals surface area contributed by atoms with Crippen LogP contribution < -0.4 is 5.32 Å². The summed E-state index contributed by atoms with van der Waals surface area (Å²) in [6, 6.07) is 9.77. The minimum atomic E-state index is -0.240. The van der Waals surface area contributed by atoms with Crippen LogP contribution in [-0.2, 0) is 0 Å². The molecule has 1 aromatic carbocycles. The number of nitrogens with zero attached hydrogens (tertiary/aromatic N) is 3. The van der Waals surface area contributed by atoms with Gasteiger partial charge in [0, 0.05) is 40.8 Å². The molecule has 2 aromatic heterocycles. The summed E-state index contributed by atoms with van der Waals surface area (Å²) in [6.45, 7) is 8.44. The minimum absolute atomic E-state index is 0.0169. The van der Waals surface area contributed by atoms with E-state index in [1.807, 2.05) is 34.5 Å². The van der Waals surface area contributed by atoms with Crippen molar-refractivity contribution in [3.63, 3.8) is 0 Å². The molecule has 5 nitrogen and oxygen atoms in total. The van der Waals surface area contributed by atoms with E-state index in [9.17, 15) is 4.79 Å². The molecule has 0 fully saturated rings. The lowest BCUT2D eigenvalue weighted by Gasteiger charge is -2.37. The van der Waals surface area contributed by atoms with Crippen LogP contribution in [0.25, 0.3) is 5.13 Å². The highest BCUT2D eigenvalue weighted by atomic mass is 32.1. The summed E-state index contributed by atoms with van der Waals surface area (Å²) in [7, 11) is 0. The Bertz CT molecular complexity index is 974. The van der Waals surface area contributed by atoms with Gasteiger partial charge in [-0.15, -0.1) is 17.9 Å². The van der Waals surface area contributed by atoms with Gasteiger partial charge in [-0.2, -0.15) is 0 Å². The second-order valence-electron chi connectivity index (χ2n) is 6.32. The fourth-order valence-corrected chi connectivity index (χ4v) is 4.30. The van der Waals surface area contributed by atoms with Crippen molar-refractivity contribution in [3.8, 4) is 5.13 Å². The molecule has 0 radical (unpaired) electrons. The third-order valence-electron chi connectivity index (χ3n) is 4.72. The number of para-hydroxylation sites is 1. The number of thiazole rings is 1. The number of anilines is 1. The van der Waals surface area contributed by atoms with Crippen molar-refractivity contribution in [2.24, 2.45) is 0 Å². The quantitative estimate of drug-likeness (QED) is 0.702. The van der Waals surface area contributed by atoms with Gasteiger partial charge in [-0.05, 0) is 32.0 Å². The van der Waals surface area contributed by atoms with E-state index in [1.54, 1.807) is 23.6 Å². The molecule has 6 heteroatoms. The zero-order chi connectivity index (χ0) is 18.3. The highest BCUT2D eigenvalue weighted by molar-refractivity contribution is 7.12. The third kappa shape index (κ3) is 2.54. The van der Waals surface area contributed by atoms with Crippen LogP contribution in [0.4, 0.5) is 5.69 Å². The van der Waals surface area contributed by atoms with Gasteiger partial charge >= 0.3 is 0 Å². The zero-order valence-corrected chi connectivity index (χ0v) is 15.6. The fraction of sp³-hybridized carbons (Fsp3) is 0.200. The number of nitrogens with one attached hydrogen (secondary N) is 1. The number of rotatable bonds is 4. The van der Waals surface area contributed by atoms with Crippen molar-refractivity contribution in [2.45, 2.75) is 20.0 Å². The van der Waals surface area contributed by atoms with Gasteiger partial charge in [0.1, 0.15) is 6.17 Å².